The van der Waals surface area contributed by atoms with E-state index in [0.29, 0.717) is 19.4 Å². The SMILES string of the molecule is C#CC#CC#CC#CC.[CH2-][P@@](C)(=O)OC[C@H](COC)CC(=O)CC. The van der Waals surface area contributed by atoms with E-state index in [1.54, 1.807) is 14.0 Å². The zero-order valence-electron chi connectivity index (χ0n) is 14.8. The Bertz CT molecular complexity index is 633. The lowest BCUT2D eigenvalue weighted by Gasteiger charge is -2.20. The number of carbonyl (C=O) groups is 1. The van der Waals surface area contributed by atoms with Crippen molar-refractivity contribution in [1.29, 1.82) is 0 Å². The summed E-state index contributed by atoms with van der Waals surface area (Å²) in [4.78, 5) is 11.2. The Balaban J connectivity index is 0. The molecule has 0 saturated heterocycles. The predicted molar refractivity (Wildman–Crippen MR) is 98.0 cm³/mol. The van der Waals surface area contributed by atoms with Crippen LogP contribution >= 0.6 is 7.37 Å². The number of terminal acetylenes is 1. The van der Waals surface area contributed by atoms with Crippen molar-refractivity contribution in [2.75, 3.05) is 27.0 Å². The van der Waals surface area contributed by atoms with Crippen molar-refractivity contribution in [2.24, 2.45) is 5.92 Å². The van der Waals surface area contributed by atoms with Crippen LogP contribution in [0.3, 0.4) is 0 Å². The highest BCUT2D eigenvalue weighted by Crippen LogP contribution is 2.40. The molecule has 2 atom stereocenters. The van der Waals surface area contributed by atoms with E-state index < -0.39 is 7.37 Å². The number of ketones is 1. The van der Waals surface area contributed by atoms with Gasteiger partial charge in [0.25, 0.3) is 0 Å². The minimum atomic E-state index is -2.71. The van der Waals surface area contributed by atoms with Gasteiger partial charge in [-0.1, -0.05) is 12.8 Å². The minimum Gasteiger partial charge on any atom is -0.384 e. The monoisotopic (exact) mass is 347 g/mol. The van der Waals surface area contributed by atoms with E-state index in [4.69, 9.17) is 15.7 Å². The van der Waals surface area contributed by atoms with E-state index in [1.807, 2.05) is 6.92 Å². The molecule has 24 heavy (non-hydrogen) atoms. The smallest absolute Gasteiger partial charge is 0.133 e. The second-order valence-corrected chi connectivity index (χ2v) is 7.03. The molecular formula is C19H24O4P-. The van der Waals surface area contributed by atoms with E-state index in [1.165, 1.54) is 6.66 Å². The molecule has 0 aliphatic heterocycles. The average molecular weight is 347 g/mol. The molecule has 0 bridgehead atoms. The first-order valence-electron chi connectivity index (χ1n) is 7.25. The molecule has 0 saturated carbocycles. The van der Waals surface area contributed by atoms with Gasteiger partial charge in [-0.05, 0) is 49.1 Å². The molecule has 5 heteroatoms. The van der Waals surface area contributed by atoms with Gasteiger partial charge in [0.1, 0.15) is 5.78 Å². The van der Waals surface area contributed by atoms with Gasteiger partial charge < -0.3 is 13.8 Å². The first-order valence-corrected chi connectivity index (χ1v) is 9.50. The van der Waals surface area contributed by atoms with E-state index in [0.717, 1.165) is 0 Å². The Kier molecular flexibility index (Phi) is 16.1. The van der Waals surface area contributed by atoms with E-state index in [2.05, 4.69) is 48.1 Å². The molecule has 0 fully saturated rings. The van der Waals surface area contributed by atoms with Gasteiger partial charge in [-0.3, -0.25) is 11.5 Å². The molecule has 0 aromatic rings. The normalized spacial score (nSPS) is 12.0. The summed E-state index contributed by atoms with van der Waals surface area (Å²) in [5, 5.41) is 0. The molecule has 0 aliphatic rings. The maximum Gasteiger partial charge on any atom is 0.133 e. The van der Waals surface area contributed by atoms with Crippen molar-refractivity contribution in [3.63, 3.8) is 0 Å². The molecule has 0 aliphatic carbocycles. The molecule has 0 unspecified atom stereocenters. The van der Waals surface area contributed by atoms with Gasteiger partial charge >= 0.3 is 0 Å². The van der Waals surface area contributed by atoms with Crippen LogP contribution in [0.25, 0.3) is 0 Å². The Morgan fingerprint density at radius 1 is 1.21 bits per heavy atom. The molecule has 130 valence electrons. The maximum absolute atomic E-state index is 11.2. The van der Waals surface area contributed by atoms with E-state index in [-0.39, 0.29) is 18.3 Å². The summed E-state index contributed by atoms with van der Waals surface area (Å²) in [7, 11) is -1.14. The summed E-state index contributed by atoms with van der Waals surface area (Å²) in [5.74, 6) is 17.1. The van der Waals surface area contributed by atoms with E-state index >= 15 is 0 Å². The van der Waals surface area contributed by atoms with Gasteiger partial charge in [0.05, 0.1) is 20.6 Å². The topological polar surface area (TPSA) is 52.6 Å². The summed E-state index contributed by atoms with van der Waals surface area (Å²) in [5.41, 5.74) is 0. The Morgan fingerprint density at radius 3 is 2.25 bits per heavy atom. The number of carbonyl (C=O) groups excluding carboxylic acids is 1. The third-order valence-corrected chi connectivity index (χ3v) is 3.04. The summed E-state index contributed by atoms with van der Waals surface area (Å²) in [6.07, 6.45) is 5.73. The molecule has 4 nitrogen and oxygen atoms in total. The molecule has 0 aromatic heterocycles. The number of Topliss-reactive ketones (excluding diaryl/α,β-unsaturated/α-hetero) is 1. The largest absolute Gasteiger partial charge is 0.384 e. The van der Waals surface area contributed by atoms with Gasteiger partial charge in [-0.15, -0.1) is 6.42 Å². The Hall–Kier alpha value is -1.94. The molecule has 0 spiro atoms. The van der Waals surface area contributed by atoms with Gasteiger partial charge in [-0.25, -0.2) is 0 Å². The number of ether oxygens (including phenoxy) is 1. The summed E-state index contributed by atoms with van der Waals surface area (Å²) in [6.45, 7) is 9.09. The van der Waals surface area contributed by atoms with Crippen molar-refractivity contribution >= 4 is 13.2 Å². The second-order valence-electron chi connectivity index (χ2n) is 4.75. The highest BCUT2D eigenvalue weighted by Gasteiger charge is 2.14. The lowest BCUT2D eigenvalue weighted by atomic mass is 10.0. The third kappa shape index (κ3) is 20.1. The zero-order chi connectivity index (χ0) is 18.8. The fourth-order valence-electron chi connectivity index (χ4n) is 1.32. The highest BCUT2D eigenvalue weighted by atomic mass is 31.2. The van der Waals surface area contributed by atoms with Crippen molar-refractivity contribution in [2.45, 2.75) is 26.7 Å². The Labute approximate surface area is 146 Å². The zero-order valence-corrected chi connectivity index (χ0v) is 15.7. The number of hydrogen-bond donors (Lipinski definition) is 0. The third-order valence-electron chi connectivity index (χ3n) is 2.34. The predicted octanol–water partition coefficient (Wildman–Crippen LogP) is 2.98. The summed E-state index contributed by atoms with van der Waals surface area (Å²) in [6, 6.07) is 0. The summed E-state index contributed by atoms with van der Waals surface area (Å²) >= 11 is 0. The second kappa shape index (κ2) is 15.9. The molecule has 0 rings (SSSR count). The molecule has 0 radical (unpaired) electrons. The lowest BCUT2D eigenvalue weighted by molar-refractivity contribution is -0.120. The van der Waals surface area contributed by atoms with Gasteiger partial charge in [0.2, 0.25) is 0 Å². The van der Waals surface area contributed by atoms with Crippen molar-refractivity contribution < 1.29 is 18.6 Å². The van der Waals surface area contributed by atoms with Crippen molar-refractivity contribution in [3.8, 4) is 47.9 Å². The molecule has 0 heterocycles. The maximum atomic E-state index is 11.2. The molecule has 0 aromatic carbocycles. The molecular weight excluding hydrogens is 323 g/mol. The standard InChI is InChI=1S/C10H20O4P.C9H4/c1-5-10(11)6-9(7-13-2)8-14-15(3,4)12;1-3-5-7-9-8-6-4-2/h9H,3,5-8H2,1-2,4H3;1H,2H3/q-1;/t9-,15+;/m0./s1. The van der Waals surface area contributed by atoms with Gasteiger partial charge in [-0.2, -0.15) is 0 Å². The van der Waals surface area contributed by atoms with Crippen LogP contribution in [0.2, 0.25) is 0 Å². The molecule has 0 amide bonds. The van der Waals surface area contributed by atoms with Gasteiger partial charge in [0.15, 0.2) is 0 Å². The number of hydrogen-bond acceptors (Lipinski definition) is 4. The van der Waals surface area contributed by atoms with Crippen LogP contribution in [0.1, 0.15) is 26.7 Å². The van der Waals surface area contributed by atoms with Crippen LogP contribution in [0.5, 0.6) is 0 Å². The fourth-order valence-corrected chi connectivity index (χ4v) is 1.85. The number of rotatable bonds is 8. The van der Waals surface area contributed by atoms with Crippen LogP contribution in [0, 0.1) is 60.4 Å². The van der Waals surface area contributed by atoms with Crippen LogP contribution in [0.15, 0.2) is 0 Å². The first kappa shape index (κ1) is 24.3. The van der Waals surface area contributed by atoms with E-state index in [9.17, 15) is 9.36 Å². The van der Waals surface area contributed by atoms with Crippen molar-refractivity contribution in [3.05, 3.63) is 6.66 Å². The summed E-state index contributed by atoms with van der Waals surface area (Å²) < 4.78 is 21.3. The first-order chi connectivity index (χ1) is 11.3. The fraction of sp³-hybridized carbons (Fsp3) is 0.474. The van der Waals surface area contributed by atoms with Crippen molar-refractivity contribution in [1.82, 2.24) is 0 Å². The quantitative estimate of drug-likeness (QED) is 0.385. The van der Waals surface area contributed by atoms with Crippen LogP contribution in [-0.4, -0.2) is 32.8 Å². The van der Waals surface area contributed by atoms with Crippen LogP contribution in [-0.2, 0) is 18.6 Å². The Morgan fingerprint density at radius 2 is 1.79 bits per heavy atom. The molecule has 0 N–H and O–H groups in total. The minimum absolute atomic E-state index is 0.0301. The lowest BCUT2D eigenvalue weighted by Crippen LogP contribution is -2.18. The van der Waals surface area contributed by atoms with Crippen LogP contribution < -0.4 is 0 Å². The van der Waals surface area contributed by atoms with Gasteiger partial charge in [0, 0.05) is 25.9 Å². The highest BCUT2D eigenvalue weighted by molar-refractivity contribution is 7.59. The van der Waals surface area contributed by atoms with Crippen LogP contribution in [0.4, 0.5) is 0 Å². The average Bonchev–Trinajstić information content (AvgIpc) is 2.52. The number of methoxy groups -OCH3 is 1.